The Morgan fingerprint density at radius 1 is 1.24 bits per heavy atom. The topological polar surface area (TPSA) is 78.9 Å². The van der Waals surface area contributed by atoms with Crippen LogP contribution in [-0.4, -0.2) is 28.8 Å². The molecular formula is C10H12O6S. The van der Waals surface area contributed by atoms with Crippen LogP contribution in [0.4, 0.5) is 4.79 Å². The predicted octanol–water partition coefficient (Wildman–Crippen LogP) is 1.48. The van der Waals surface area contributed by atoms with Crippen molar-refractivity contribution >= 4 is 16.3 Å². The number of rotatable bonds is 3. The van der Waals surface area contributed by atoms with Gasteiger partial charge in [0.1, 0.15) is 4.90 Å². The number of carbonyl (C=O) groups excluding carboxylic acids is 1. The van der Waals surface area contributed by atoms with E-state index in [0.717, 1.165) is 19.8 Å². The first kappa shape index (κ1) is 13.5. The first-order valence-electron chi connectivity index (χ1n) is 4.58. The van der Waals surface area contributed by atoms with Gasteiger partial charge in [0.2, 0.25) is 0 Å². The first-order chi connectivity index (χ1) is 7.90. The molecular weight excluding hydrogens is 248 g/mol. The molecule has 0 radical (unpaired) electrons. The van der Waals surface area contributed by atoms with Crippen molar-refractivity contribution in [1.82, 2.24) is 0 Å². The zero-order valence-corrected chi connectivity index (χ0v) is 10.4. The summed E-state index contributed by atoms with van der Waals surface area (Å²) in [6, 6.07) is 4.27. The van der Waals surface area contributed by atoms with E-state index >= 15 is 0 Å². The second-order valence-corrected chi connectivity index (χ2v) is 4.81. The number of carbonyl (C=O) groups is 1. The monoisotopic (exact) mass is 260 g/mol. The van der Waals surface area contributed by atoms with Crippen molar-refractivity contribution in [2.24, 2.45) is 0 Å². The van der Waals surface area contributed by atoms with E-state index in [0.29, 0.717) is 0 Å². The lowest BCUT2D eigenvalue weighted by Gasteiger charge is -2.09. The minimum Gasteiger partial charge on any atom is -0.437 e. The van der Waals surface area contributed by atoms with Gasteiger partial charge >= 0.3 is 6.16 Å². The maximum Gasteiger partial charge on any atom is 0.513 e. The lowest BCUT2D eigenvalue weighted by Crippen LogP contribution is -2.12. The normalized spacial score (nSPS) is 11.0. The zero-order chi connectivity index (χ0) is 13.1. The van der Waals surface area contributed by atoms with Crippen molar-refractivity contribution in [3.8, 4) is 5.75 Å². The molecule has 0 saturated heterocycles. The third-order valence-corrected chi connectivity index (χ3v) is 3.26. The quantitative estimate of drug-likeness (QED) is 0.465. The van der Waals surface area contributed by atoms with Gasteiger partial charge in [0.15, 0.2) is 5.75 Å². The Kier molecular flexibility index (Phi) is 4.08. The van der Waals surface area contributed by atoms with E-state index in [1.54, 1.807) is 13.0 Å². The summed E-state index contributed by atoms with van der Waals surface area (Å²) in [6.45, 7) is 1.73. The Bertz CT molecular complexity index is 520. The van der Waals surface area contributed by atoms with Gasteiger partial charge < -0.3 is 9.47 Å². The molecule has 0 atom stereocenters. The van der Waals surface area contributed by atoms with E-state index in [1.165, 1.54) is 12.1 Å². The van der Waals surface area contributed by atoms with Crippen LogP contribution in [0.2, 0.25) is 0 Å². The first-order valence-corrected chi connectivity index (χ1v) is 5.98. The third-order valence-electron chi connectivity index (χ3n) is 1.95. The van der Waals surface area contributed by atoms with E-state index in [-0.39, 0.29) is 10.6 Å². The smallest absolute Gasteiger partial charge is 0.437 e. The summed E-state index contributed by atoms with van der Waals surface area (Å²) in [7, 11) is -1.78. The fourth-order valence-electron chi connectivity index (χ4n) is 1.12. The van der Waals surface area contributed by atoms with Gasteiger partial charge in [-0.25, -0.2) is 4.79 Å². The third kappa shape index (κ3) is 3.18. The van der Waals surface area contributed by atoms with Crippen molar-refractivity contribution in [2.75, 3.05) is 14.2 Å². The van der Waals surface area contributed by atoms with Crippen LogP contribution in [0, 0.1) is 6.92 Å². The molecule has 0 spiro atoms. The van der Waals surface area contributed by atoms with Crippen LogP contribution in [0.25, 0.3) is 0 Å². The Morgan fingerprint density at radius 2 is 1.88 bits per heavy atom. The molecule has 0 saturated carbocycles. The number of hydrogen-bond donors (Lipinski definition) is 0. The van der Waals surface area contributed by atoms with Crippen LogP contribution >= 0.6 is 0 Å². The van der Waals surface area contributed by atoms with Crippen molar-refractivity contribution in [1.29, 1.82) is 0 Å². The van der Waals surface area contributed by atoms with Gasteiger partial charge in [0, 0.05) is 0 Å². The summed E-state index contributed by atoms with van der Waals surface area (Å²) >= 11 is 0. The van der Waals surface area contributed by atoms with Crippen molar-refractivity contribution in [3.63, 3.8) is 0 Å². The average molecular weight is 260 g/mol. The maximum absolute atomic E-state index is 11.5. The van der Waals surface area contributed by atoms with E-state index in [4.69, 9.17) is 4.74 Å². The number of benzene rings is 1. The molecule has 0 N–H and O–H groups in total. The summed E-state index contributed by atoms with van der Waals surface area (Å²) in [4.78, 5) is 10.8. The minimum absolute atomic E-state index is 0.126. The summed E-state index contributed by atoms with van der Waals surface area (Å²) in [6.07, 6.45) is -0.997. The van der Waals surface area contributed by atoms with Crippen LogP contribution in [0.15, 0.2) is 23.1 Å². The number of hydrogen-bond acceptors (Lipinski definition) is 6. The lowest BCUT2D eigenvalue weighted by molar-refractivity contribution is 0.120. The molecule has 0 aliphatic carbocycles. The molecule has 0 amide bonds. The molecule has 0 unspecified atom stereocenters. The Labute approximate surface area is 99.2 Å². The summed E-state index contributed by atoms with van der Waals surface area (Å²) in [5.74, 6) is -0.126. The van der Waals surface area contributed by atoms with Crippen LogP contribution in [0.5, 0.6) is 5.75 Å². The Morgan fingerprint density at radius 3 is 2.41 bits per heavy atom. The van der Waals surface area contributed by atoms with Crippen LogP contribution in [0.3, 0.4) is 0 Å². The second kappa shape index (κ2) is 5.15. The molecule has 0 aliphatic rings. The summed E-state index contributed by atoms with van der Waals surface area (Å²) in [5, 5.41) is 0. The largest absolute Gasteiger partial charge is 0.513 e. The predicted molar refractivity (Wildman–Crippen MR) is 58.4 cm³/mol. The van der Waals surface area contributed by atoms with Gasteiger partial charge in [-0.3, -0.25) is 4.18 Å². The average Bonchev–Trinajstić information content (AvgIpc) is 2.28. The van der Waals surface area contributed by atoms with Crippen molar-refractivity contribution < 1.29 is 26.9 Å². The maximum atomic E-state index is 11.5. The summed E-state index contributed by atoms with van der Waals surface area (Å²) in [5.41, 5.74) is 0.735. The Hall–Kier alpha value is -1.60. The zero-order valence-electron chi connectivity index (χ0n) is 9.59. The van der Waals surface area contributed by atoms with E-state index < -0.39 is 16.3 Å². The molecule has 1 aromatic rings. The molecule has 6 nitrogen and oxygen atoms in total. The fraction of sp³-hybridized carbons (Fsp3) is 0.300. The highest BCUT2D eigenvalue weighted by Crippen LogP contribution is 2.26. The van der Waals surface area contributed by atoms with E-state index in [9.17, 15) is 13.2 Å². The number of methoxy groups -OCH3 is 1. The summed E-state index contributed by atoms with van der Waals surface area (Å²) < 4.78 is 36.5. The lowest BCUT2D eigenvalue weighted by atomic mass is 10.2. The van der Waals surface area contributed by atoms with Crippen molar-refractivity contribution in [2.45, 2.75) is 11.8 Å². The van der Waals surface area contributed by atoms with Gasteiger partial charge in [-0.2, -0.15) is 8.42 Å². The second-order valence-electron chi connectivity index (χ2n) is 3.13. The van der Waals surface area contributed by atoms with Crippen molar-refractivity contribution in [3.05, 3.63) is 23.8 Å². The molecule has 1 aromatic carbocycles. The molecule has 0 aromatic heterocycles. The molecule has 0 aliphatic heterocycles. The van der Waals surface area contributed by atoms with Gasteiger partial charge in [0.25, 0.3) is 10.1 Å². The molecule has 17 heavy (non-hydrogen) atoms. The van der Waals surface area contributed by atoms with Gasteiger partial charge in [-0.15, -0.1) is 0 Å². The highest BCUT2D eigenvalue weighted by molar-refractivity contribution is 7.86. The van der Waals surface area contributed by atoms with Crippen LogP contribution < -0.4 is 4.74 Å². The highest BCUT2D eigenvalue weighted by atomic mass is 32.2. The highest BCUT2D eigenvalue weighted by Gasteiger charge is 2.21. The molecule has 0 heterocycles. The molecule has 1 rings (SSSR count). The molecule has 0 fully saturated rings. The standard InChI is InChI=1S/C10H12O6S/c1-7-4-5-9(17(12,13)15-3)8(6-7)16-10(11)14-2/h4-6H,1-3H3. The van der Waals surface area contributed by atoms with E-state index in [1.807, 2.05) is 0 Å². The van der Waals surface area contributed by atoms with Gasteiger partial charge in [-0.1, -0.05) is 6.07 Å². The van der Waals surface area contributed by atoms with Crippen LogP contribution in [0.1, 0.15) is 5.56 Å². The fourth-order valence-corrected chi connectivity index (χ4v) is 1.88. The minimum atomic E-state index is -3.93. The molecule has 94 valence electrons. The molecule has 0 bridgehead atoms. The van der Waals surface area contributed by atoms with Crippen LogP contribution in [-0.2, 0) is 19.0 Å². The molecule has 7 heteroatoms. The Balaban J connectivity index is 3.27. The van der Waals surface area contributed by atoms with Gasteiger partial charge in [0.05, 0.1) is 14.2 Å². The number of ether oxygens (including phenoxy) is 2. The van der Waals surface area contributed by atoms with E-state index in [2.05, 4.69) is 8.92 Å². The number of aryl methyl sites for hydroxylation is 1. The SMILES string of the molecule is COC(=O)Oc1cc(C)ccc1S(=O)(=O)OC. The van der Waals surface area contributed by atoms with Gasteiger partial charge in [-0.05, 0) is 24.6 Å².